The molecular weight excluding hydrogens is 252 g/mol. The van der Waals surface area contributed by atoms with E-state index in [-0.39, 0.29) is 5.91 Å². The number of aryl methyl sites for hydroxylation is 1. The topological polar surface area (TPSA) is 62.5 Å². The van der Waals surface area contributed by atoms with Crippen LogP contribution in [0.15, 0.2) is 6.20 Å². The fourth-order valence-corrected chi connectivity index (χ4v) is 2.03. The molecule has 0 aliphatic rings. The van der Waals surface area contributed by atoms with Crippen LogP contribution >= 0.6 is 0 Å². The van der Waals surface area contributed by atoms with Crippen molar-refractivity contribution in [2.24, 2.45) is 0 Å². The molecule has 0 atom stereocenters. The van der Waals surface area contributed by atoms with Crippen LogP contribution in [0, 0.1) is 13.8 Å². The molecule has 2 N–H and O–H groups in total. The van der Waals surface area contributed by atoms with Gasteiger partial charge < -0.3 is 10.6 Å². The van der Waals surface area contributed by atoms with Gasteiger partial charge in [-0.2, -0.15) is 0 Å². The number of nitrogen functional groups attached to an aromatic ring is 1. The molecule has 0 radical (unpaired) electrons. The molecule has 0 spiro atoms. The molecular formula is C15H26N4O. The molecule has 1 amide bonds. The normalized spacial score (nSPS) is 10.9. The highest BCUT2D eigenvalue weighted by atomic mass is 16.2. The third kappa shape index (κ3) is 4.20. The van der Waals surface area contributed by atoms with Crippen molar-refractivity contribution >= 4 is 11.6 Å². The van der Waals surface area contributed by atoms with E-state index in [1.807, 2.05) is 13.8 Å². The average molecular weight is 278 g/mol. The van der Waals surface area contributed by atoms with E-state index >= 15 is 0 Å². The van der Waals surface area contributed by atoms with Crippen LogP contribution in [0.25, 0.3) is 0 Å². The van der Waals surface area contributed by atoms with Gasteiger partial charge in [0.1, 0.15) is 0 Å². The van der Waals surface area contributed by atoms with Crippen LogP contribution in [0.4, 0.5) is 5.69 Å². The van der Waals surface area contributed by atoms with Gasteiger partial charge in [0.05, 0.1) is 12.2 Å². The largest absolute Gasteiger partial charge is 0.398 e. The number of pyridine rings is 1. The monoisotopic (exact) mass is 278 g/mol. The maximum absolute atomic E-state index is 11.9. The number of rotatable bonds is 6. The molecule has 1 aromatic rings. The molecule has 1 heterocycles. The first-order valence-electron chi connectivity index (χ1n) is 6.99. The molecule has 0 aliphatic heterocycles. The lowest BCUT2D eigenvalue weighted by Gasteiger charge is -2.23. The van der Waals surface area contributed by atoms with Gasteiger partial charge >= 0.3 is 0 Å². The Hall–Kier alpha value is -1.62. The van der Waals surface area contributed by atoms with E-state index in [0.717, 1.165) is 35.5 Å². The second-order valence-corrected chi connectivity index (χ2v) is 5.43. The highest BCUT2D eigenvalue weighted by Crippen LogP contribution is 2.19. The van der Waals surface area contributed by atoms with E-state index in [4.69, 9.17) is 5.73 Å². The van der Waals surface area contributed by atoms with Crippen LogP contribution in [0.3, 0.4) is 0 Å². The van der Waals surface area contributed by atoms with Crippen LogP contribution in [0.2, 0.25) is 0 Å². The Labute approximate surface area is 121 Å². The average Bonchev–Trinajstić information content (AvgIpc) is 2.39. The Morgan fingerprint density at radius 2 is 2.00 bits per heavy atom. The van der Waals surface area contributed by atoms with E-state index in [1.165, 1.54) is 0 Å². The summed E-state index contributed by atoms with van der Waals surface area (Å²) in [6.45, 7) is 7.99. The zero-order valence-corrected chi connectivity index (χ0v) is 13.2. The summed E-state index contributed by atoms with van der Waals surface area (Å²) in [5, 5.41) is 0. The minimum absolute atomic E-state index is 0.108. The number of aromatic nitrogens is 1. The number of hydrogen-bond acceptors (Lipinski definition) is 4. The lowest BCUT2D eigenvalue weighted by atomic mass is 10.1. The van der Waals surface area contributed by atoms with Gasteiger partial charge in [-0.1, -0.05) is 6.92 Å². The number of likely N-dealkylation sites (N-methyl/N-ethyl adjacent to an activating group) is 1. The van der Waals surface area contributed by atoms with Crippen molar-refractivity contribution in [2.75, 3.05) is 32.9 Å². The number of hydrogen-bond donors (Lipinski definition) is 1. The Morgan fingerprint density at radius 1 is 1.35 bits per heavy atom. The highest BCUT2D eigenvalue weighted by Gasteiger charge is 2.15. The Kier molecular flexibility index (Phi) is 5.95. The predicted molar refractivity (Wildman–Crippen MR) is 82.4 cm³/mol. The fourth-order valence-electron chi connectivity index (χ4n) is 2.03. The number of amides is 1. The van der Waals surface area contributed by atoms with E-state index in [9.17, 15) is 4.79 Å². The maximum Gasteiger partial charge on any atom is 0.236 e. The minimum atomic E-state index is 0.108. The van der Waals surface area contributed by atoms with Crippen molar-refractivity contribution in [3.05, 3.63) is 23.0 Å². The molecule has 20 heavy (non-hydrogen) atoms. The first-order chi connectivity index (χ1) is 9.36. The zero-order chi connectivity index (χ0) is 15.3. The summed E-state index contributed by atoms with van der Waals surface area (Å²) in [6.07, 6.45) is 2.80. The summed E-state index contributed by atoms with van der Waals surface area (Å²) >= 11 is 0. The van der Waals surface area contributed by atoms with Gasteiger partial charge in [-0.3, -0.25) is 14.7 Å². The lowest BCUT2D eigenvalue weighted by Crippen LogP contribution is -2.37. The summed E-state index contributed by atoms with van der Waals surface area (Å²) in [6, 6.07) is 0. The molecule has 0 saturated heterocycles. The molecule has 5 nitrogen and oxygen atoms in total. The molecule has 1 aromatic heterocycles. The van der Waals surface area contributed by atoms with E-state index in [2.05, 4.69) is 16.8 Å². The second kappa shape index (κ2) is 7.24. The molecule has 5 heteroatoms. The molecule has 112 valence electrons. The smallest absolute Gasteiger partial charge is 0.236 e. The van der Waals surface area contributed by atoms with Crippen molar-refractivity contribution in [3.63, 3.8) is 0 Å². The van der Waals surface area contributed by atoms with Gasteiger partial charge in [0.25, 0.3) is 0 Å². The number of anilines is 1. The van der Waals surface area contributed by atoms with E-state index in [1.54, 1.807) is 25.2 Å². The number of carbonyl (C=O) groups excluding carboxylic acids is 1. The summed E-state index contributed by atoms with van der Waals surface area (Å²) in [5.41, 5.74) is 9.81. The molecule has 0 unspecified atom stereocenters. The number of nitrogens with zero attached hydrogens (tertiary/aromatic N) is 3. The van der Waals surface area contributed by atoms with Crippen LogP contribution < -0.4 is 5.73 Å². The third-order valence-electron chi connectivity index (χ3n) is 3.45. The van der Waals surface area contributed by atoms with E-state index in [0.29, 0.717) is 13.1 Å². The lowest BCUT2D eigenvalue weighted by molar-refractivity contribution is -0.130. The molecule has 0 fully saturated rings. The molecule has 1 rings (SSSR count). The van der Waals surface area contributed by atoms with Crippen LogP contribution in [0.1, 0.15) is 30.2 Å². The quantitative estimate of drug-likeness (QED) is 0.858. The first kappa shape index (κ1) is 16.4. The summed E-state index contributed by atoms with van der Waals surface area (Å²) in [4.78, 5) is 20.1. The SMILES string of the molecule is CCCN(CC(=O)N(C)C)Cc1ncc(C)c(N)c1C. The van der Waals surface area contributed by atoms with Crippen molar-refractivity contribution in [3.8, 4) is 0 Å². The van der Waals surface area contributed by atoms with Crippen LogP contribution in [0.5, 0.6) is 0 Å². The molecule has 0 saturated carbocycles. The van der Waals surface area contributed by atoms with Gasteiger partial charge in [-0.05, 0) is 37.9 Å². The highest BCUT2D eigenvalue weighted by molar-refractivity contribution is 5.77. The van der Waals surface area contributed by atoms with Crippen molar-refractivity contribution < 1.29 is 4.79 Å². The Balaban J connectivity index is 2.85. The number of nitrogens with two attached hydrogens (primary N) is 1. The molecule has 0 aromatic carbocycles. The summed E-state index contributed by atoms with van der Waals surface area (Å²) < 4.78 is 0. The number of carbonyl (C=O) groups is 1. The maximum atomic E-state index is 11.9. The predicted octanol–water partition coefficient (Wildman–Crippen LogP) is 1.58. The fraction of sp³-hybridized carbons (Fsp3) is 0.600. The van der Waals surface area contributed by atoms with Crippen molar-refractivity contribution in [1.29, 1.82) is 0 Å². The third-order valence-corrected chi connectivity index (χ3v) is 3.45. The van der Waals surface area contributed by atoms with Crippen molar-refractivity contribution in [2.45, 2.75) is 33.7 Å². The second-order valence-electron chi connectivity index (χ2n) is 5.43. The Morgan fingerprint density at radius 3 is 2.55 bits per heavy atom. The minimum Gasteiger partial charge on any atom is -0.398 e. The van der Waals surface area contributed by atoms with E-state index < -0.39 is 0 Å². The van der Waals surface area contributed by atoms with Crippen LogP contribution in [-0.2, 0) is 11.3 Å². The van der Waals surface area contributed by atoms with Gasteiger partial charge in [0.15, 0.2) is 0 Å². The summed E-state index contributed by atoms with van der Waals surface area (Å²) in [7, 11) is 3.56. The standard InChI is InChI=1S/C15H26N4O/c1-6-7-19(10-14(20)18(4)5)9-13-12(3)15(16)11(2)8-17-13/h8H,6-7,9-10H2,1-5H3,(H2,16,17). The van der Waals surface area contributed by atoms with Gasteiger partial charge in [0.2, 0.25) is 5.91 Å². The molecule has 0 aliphatic carbocycles. The summed E-state index contributed by atoms with van der Waals surface area (Å²) in [5.74, 6) is 0.108. The van der Waals surface area contributed by atoms with Gasteiger partial charge in [-0.15, -0.1) is 0 Å². The van der Waals surface area contributed by atoms with Crippen LogP contribution in [-0.4, -0.2) is 47.9 Å². The van der Waals surface area contributed by atoms with Gasteiger partial charge in [-0.25, -0.2) is 0 Å². The Bertz CT molecular complexity index is 471. The first-order valence-corrected chi connectivity index (χ1v) is 6.99. The molecule has 0 bridgehead atoms. The van der Waals surface area contributed by atoms with Crippen molar-refractivity contribution in [1.82, 2.24) is 14.8 Å². The zero-order valence-electron chi connectivity index (χ0n) is 13.2. The van der Waals surface area contributed by atoms with Gasteiger partial charge in [0, 0.05) is 32.5 Å².